The van der Waals surface area contributed by atoms with Gasteiger partial charge in [0.05, 0.1) is 6.10 Å². The van der Waals surface area contributed by atoms with Crippen molar-refractivity contribution < 1.29 is 9.50 Å². The maximum Gasteiger partial charge on any atom is 0.123 e. The Hall–Kier alpha value is -1.32. The van der Waals surface area contributed by atoms with Gasteiger partial charge in [0.2, 0.25) is 0 Å². The average molecular weight is 262 g/mol. The Morgan fingerprint density at radius 2 is 1.94 bits per heavy atom. The summed E-state index contributed by atoms with van der Waals surface area (Å²) in [5.41, 5.74) is 1.81. The first kappa shape index (κ1) is 13.1. The van der Waals surface area contributed by atoms with E-state index in [0.717, 1.165) is 9.79 Å². The first-order valence-corrected chi connectivity index (χ1v) is 6.60. The second-order valence-corrected chi connectivity index (χ2v) is 5.39. The summed E-state index contributed by atoms with van der Waals surface area (Å²) >= 11 is 1.54. The van der Waals surface area contributed by atoms with Gasteiger partial charge < -0.3 is 5.11 Å². The lowest BCUT2D eigenvalue weighted by molar-refractivity contribution is 0.196. The number of aliphatic hydroxyl groups excluding tert-OH is 1. The van der Waals surface area contributed by atoms with Crippen molar-refractivity contribution in [3.05, 3.63) is 59.4 Å². The summed E-state index contributed by atoms with van der Waals surface area (Å²) < 4.78 is 13.2. The van der Waals surface area contributed by atoms with Crippen molar-refractivity contribution in [2.75, 3.05) is 0 Å². The molecule has 0 heterocycles. The van der Waals surface area contributed by atoms with Crippen LogP contribution in [0.3, 0.4) is 0 Å². The standard InChI is InChI=1S/C15H15FOS/c1-10-4-3-5-13(8-10)18-15-7-6-12(16)9-14(15)11(2)17/h3-9,11,17H,1-2H3. The van der Waals surface area contributed by atoms with E-state index in [0.29, 0.717) is 5.56 Å². The van der Waals surface area contributed by atoms with Gasteiger partial charge in [0.1, 0.15) is 5.82 Å². The number of hydrogen-bond donors (Lipinski definition) is 1. The maximum atomic E-state index is 13.2. The summed E-state index contributed by atoms with van der Waals surface area (Å²) in [6.07, 6.45) is -0.673. The monoisotopic (exact) mass is 262 g/mol. The van der Waals surface area contributed by atoms with Crippen LogP contribution in [0, 0.1) is 12.7 Å². The molecule has 0 amide bonds. The quantitative estimate of drug-likeness (QED) is 0.888. The van der Waals surface area contributed by atoms with Gasteiger partial charge in [-0.1, -0.05) is 29.5 Å². The molecule has 0 saturated carbocycles. The minimum Gasteiger partial charge on any atom is -0.389 e. The third kappa shape index (κ3) is 3.12. The molecule has 18 heavy (non-hydrogen) atoms. The number of halogens is 1. The first-order valence-electron chi connectivity index (χ1n) is 5.78. The highest BCUT2D eigenvalue weighted by atomic mass is 32.2. The molecule has 1 atom stereocenters. The van der Waals surface area contributed by atoms with Crippen LogP contribution in [0.4, 0.5) is 4.39 Å². The van der Waals surface area contributed by atoms with E-state index in [9.17, 15) is 9.50 Å². The highest BCUT2D eigenvalue weighted by Crippen LogP contribution is 2.34. The van der Waals surface area contributed by atoms with Crippen LogP contribution >= 0.6 is 11.8 Å². The summed E-state index contributed by atoms with van der Waals surface area (Å²) in [7, 11) is 0. The third-order valence-electron chi connectivity index (χ3n) is 2.64. The molecule has 2 aromatic rings. The van der Waals surface area contributed by atoms with Crippen molar-refractivity contribution in [1.82, 2.24) is 0 Å². The fourth-order valence-electron chi connectivity index (χ4n) is 1.74. The van der Waals surface area contributed by atoms with Gasteiger partial charge in [-0.2, -0.15) is 0 Å². The van der Waals surface area contributed by atoms with E-state index in [4.69, 9.17) is 0 Å². The predicted octanol–water partition coefficient (Wildman–Crippen LogP) is 4.34. The Balaban J connectivity index is 2.34. The van der Waals surface area contributed by atoms with E-state index in [1.807, 2.05) is 25.1 Å². The van der Waals surface area contributed by atoms with Crippen molar-refractivity contribution in [2.45, 2.75) is 29.7 Å². The molecule has 0 aliphatic heterocycles. The lowest BCUT2D eigenvalue weighted by Crippen LogP contribution is -1.95. The Morgan fingerprint density at radius 1 is 1.17 bits per heavy atom. The van der Waals surface area contributed by atoms with Crippen LogP contribution in [0.25, 0.3) is 0 Å². The SMILES string of the molecule is Cc1cccc(Sc2ccc(F)cc2C(C)O)c1. The van der Waals surface area contributed by atoms with Crippen LogP contribution in [0.1, 0.15) is 24.2 Å². The molecule has 0 aromatic heterocycles. The van der Waals surface area contributed by atoms with Crippen LogP contribution < -0.4 is 0 Å². The zero-order valence-corrected chi connectivity index (χ0v) is 11.2. The minimum absolute atomic E-state index is 0.320. The fraction of sp³-hybridized carbons (Fsp3) is 0.200. The summed E-state index contributed by atoms with van der Waals surface area (Å²) in [5.74, 6) is -0.320. The van der Waals surface area contributed by atoms with Gasteiger partial charge in [0.15, 0.2) is 0 Å². The Morgan fingerprint density at radius 3 is 2.61 bits per heavy atom. The molecule has 0 aliphatic carbocycles. The van der Waals surface area contributed by atoms with Crippen LogP contribution in [0.15, 0.2) is 52.3 Å². The highest BCUT2D eigenvalue weighted by molar-refractivity contribution is 7.99. The van der Waals surface area contributed by atoms with Gasteiger partial charge in [0, 0.05) is 9.79 Å². The lowest BCUT2D eigenvalue weighted by Gasteiger charge is -2.12. The number of rotatable bonds is 3. The van der Waals surface area contributed by atoms with Gasteiger partial charge in [-0.3, -0.25) is 0 Å². The van der Waals surface area contributed by atoms with Gasteiger partial charge in [0.25, 0.3) is 0 Å². The summed E-state index contributed by atoms with van der Waals surface area (Å²) in [6.45, 7) is 3.68. The molecule has 0 fully saturated rings. The molecule has 1 N–H and O–H groups in total. The predicted molar refractivity (Wildman–Crippen MR) is 72.3 cm³/mol. The fourth-order valence-corrected chi connectivity index (χ4v) is 2.87. The van der Waals surface area contributed by atoms with Crippen molar-refractivity contribution in [3.8, 4) is 0 Å². The van der Waals surface area contributed by atoms with E-state index in [2.05, 4.69) is 6.07 Å². The largest absolute Gasteiger partial charge is 0.389 e. The van der Waals surface area contributed by atoms with E-state index in [1.165, 1.54) is 29.5 Å². The first-order chi connectivity index (χ1) is 8.56. The molecule has 0 aliphatic rings. The van der Waals surface area contributed by atoms with E-state index >= 15 is 0 Å². The van der Waals surface area contributed by atoms with Crippen LogP contribution in [0.2, 0.25) is 0 Å². The number of hydrogen-bond acceptors (Lipinski definition) is 2. The minimum atomic E-state index is -0.673. The summed E-state index contributed by atoms with van der Waals surface area (Å²) in [5, 5.41) is 9.68. The zero-order chi connectivity index (χ0) is 13.1. The van der Waals surface area contributed by atoms with E-state index < -0.39 is 6.10 Å². The Labute approximate surface area is 111 Å². The second kappa shape index (κ2) is 5.55. The number of benzene rings is 2. The molecule has 2 aromatic carbocycles. The van der Waals surface area contributed by atoms with Gasteiger partial charge in [-0.05, 0) is 49.7 Å². The molecule has 0 spiro atoms. The van der Waals surface area contributed by atoms with Crippen molar-refractivity contribution in [1.29, 1.82) is 0 Å². The third-order valence-corrected chi connectivity index (χ3v) is 3.72. The molecule has 0 saturated heterocycles. The topological polar surface area (TPSA) is 20.2 Å². The van der Waals surface area contributed by atoms with Gasteiger partial charge in [-0.25, -0.2) is 4.39 Å². The highest BCUT2D eigenvalue weighted by Gasteiger charge is 2.10. The van der Waals surface area contributed by atoms with Gasteiger partial charge >= 0.3 is 0 Å². The second-order valence-electron chi connectivity index (χ2n) is 4.28. The van der Waals surface area contributed by atoms with Crippen LogP contribution in [-0.4, -0.2) is 5.11 Å². The normalized spacial score (nSPS) is 12.4. The smallest absolute Gasteiger partial charge is 0.123 e. The van der Waals surface area contributed by atoms with Crippen molar-refractivity contribution in [2.24, 2.45) is 0 Å². The van der Waals surface area contributed by atoms with Crippen molar-refractivity contribution in [3.63, 3.8) is 0 Å². The van der Waals surface area contributed by atoms with Crippen LogP contribution in [0.5, 0.6) is 0 Å². The zero-order valence-electron chi connectivity index (χ0n) is 10.4. The average Bonchev–Trinajstić information content (AvgIpc) is 2.31. The number of aliphatic hydroxyl groups is 1. The molecule has 1 nitrogen and oxygen atoms in total. The molecule has 3 heteroatoms. The van der Waals surface area contributed by atoms with Crippen molar-refractivity contribution >= 4 is 11.8 Å². The lowest BCUT2D eigenvalue weighted by atomic mass is 10.1. The molecule has 1 unspecified atom stereocenters. The Bertz CT molecular complexity index is 552. The molecular formula is C15H15FOS. The summed E-state index contributed by atoms with van der Waals surface area (Å²) in [4.78, 5) is 1.97. The van der Waals surface area contributed by atoms with E-state index in [1.54, 1.807) is 13.0 Å². The maximum absolute atomic E-state index is 13.2. The summed E-state index contributed by atoms with van der Waals surface area (Å²) in [6, 6.07) is 12.6. The van der Waals surface area contributed by atoms with E-state index in [-0.39, 0.29) is 5.82 Å². The molecule has 0 bridgehead atoms. The molecule has 94 valence electrons. The van der Waals surface area contributed by atoms with Crippen LogP contribution in [-0.2, 0) is 0 Å². The number of aryl methyl sites for hydroxylation is 1. The molecule has 0 radical (unpaired) electrons. The van der Waals surface area contributed by atoms with Gasteiger partial charge in [-0.15, -0.1) is 0 Å². The molecular weight excluding hydrogens is 247 g/mol. The molecule has 2 rings (SSSR count). The Kier molecular flexibility index (Phi) is 4.04.